The van der Waals surface area contributed by atoms with Crippen molar-refractivity contribution in [3.8, 4) is 0 Å². The van der Waals surface area contributed by atoms with Gasteiger partial charge in [0.15, 0.2) is 10.4 Å². The van der Waals surface area contributed by atoms with Crippen LogP contribution in [0.2, 0.25) is 0 Å². The molecule has 25 heavy (non-hydrogen) atoms. The zero-order valence-corrected chi connectivity index (χ0v) is 15.3. The third-order valence-corrected chi connectivity index (χ3v) is 5.43. The summed E-state index contributed by atoms with van der Waals surface area (Å²) in [4.78, 5) is 26.8. The first-order valence-electron chi connectivity index (χ1n) is 8.63. The van der Waals surface area contributed by atoms with E-state index in [0.29, 0.717) is 10.4 Å². The Bertz CT molecular complexity index is 824. The normalized spacial score (nSPS) is 16.9. The van der Waals surface area contributed by atoms with Crippen molar-refractivity contribution in [1.29, 1.82) is 0 Å². The fraction of sp³-hybridized carbons (Fsp3) is 0.368. The molecule has 1 aliphatic carbocycles. The summed E-state index contributed by atoms with van der Waals surface area (Å²) in [6.45, 7) is 0.729. The maximum Gasteiger partial charge on any atom is 0.291 e. The van der Waals surface area contributed by atoms with Crippen molar-refractivity contribution in [2.45, 2.75) is 32.1 Å². The average molecular weight is 403 g/mol. The Labute approximate surface area is 154 Å². The molecule has 0 radical (unpaired) electrons. The highest BCUT2D eigenvalue weighted by Crippen LogP contribution is 2.35. The molecule has 1 N–H and O–H groups in total. The molecular formula is C19H19BrN2O3. The van der Waals surface area contributed by atoms with Crippen LogP contribution in [0.5, 0.6) is 0 Å². The van der Waals surface area contributed by atoms with Gasteiger partial charge in [-0.15, -0.1) is 0 Å². The summed E-state index contributed by atoms with van der Waals surface area (Å²) in [5.41, 5.74) is 2.80. The molecule has 1 aromatic carbocycles. The molecule has 1 saturated carbocycles. The lowest BCUT2D eigenvalue weighted by Crippen LogP contribution is -2.33. The molecule has 0 bridgehead atoms. The molecule has 130 valence electrons. The monoisotopic (exact) mass is 402 g/mol. The van der Waals surface area contributed by atoms with Crippen LogP contribution in [0.25, 0.3) is 0 Å². The van der Waals surface area contributed by atoms with Gasteiger partial charge in [0, 0.05) is 23.8 Å². The number of hydrogen-bond donors (Lipinski definition) is 1. The van der Waals surface area contributed by atoms with E-state index >= 15 is 0 Å². The van der Waals surface area contributed by atoms with Gasteiger partial charge < -0.3 is 14.6 Å². The van der Waals surface area contributed by atoms with Gasteiger partial charge >= 0.3 is 0 Å². The number of furan rings is 1. The second-order valence-corrected chi connectivity index (χ2v) is 7.40. The lowest BCUT2D eigenvalue weighted by molar-refractivity contribution is -0.122. The first kappa shape index (κ1) is 16.4. The molecule has 5 nitrogen and oxygen atoms in total. The number of benzene rings is 1. The Balaban J connectivity index is 1.49. The highest BCUT2D eigenvalue weighted by atomic mass is 79.9. The fourth-order valence-electron chi connectivity index (χ4n) is 3.73. The maximum absolute atomic E-state index is 12.7. The first-order valence-corrected chi connectivity index (χ1v) is 9.42. The number of amides is 2. The summed E-state index contributed by atoms with van der Waals surface area (Å²) in [6, 6.07) is 9.03. The topological polar surface area (TPSA) is 62.6 Å². The number of rotatable bonds is 3. The Kier molecular flexibility index (Phi) is 4.37. The van der Waals surface area contributed by atoms with Crippen LogP contribution in [0.4, 0.5) is 11.4 Å². The molecule has 2 heterocycles. The van der Waals surface area contributed by atoms with Gasteiger partial charge in [-0.05, 0) is 71.1 Å². The minimum atomic E-state index is -0.289. The van der Waals surface area contributed by atoms with E-state index in [9.17, 15) is 9.59 Å². The molecule has 0 atom stereocenters. The van der Waals surface area contributed by atoms with Crippen LogP contribution in [-0.4, -0.2) is 18.4 Å². The van der Waals surface area contributed by atoms with E-state index in [1.807, 2.05) is 23.1 Å². The van der Waals surface area contributed by atoms with Crippen molar-refractivity contribution in [2.24, 2.45) is 5.92 Å². The zero-order chi connectivity index (χ0) is 17.4. The Hall–Kier alpha value is -2.08. The SMILES string of the molecule is O=C(Nc1ccc2c(c1)CCN2C(=O)C1CCCC1)c1ccc(Br)o1. The molecule has 2 aromatic rings. The molecule has 6 heteroatoms. The summed E-state index contributed by atoms with van der Waals surface area (Å²) >= 11 is 3.19. The van der Waals surface area contributed by atoms with Crippen LogP contribution in [0.15, 0.2) is 39.4 Å². The molecule has 0 unspecified atom stereocenters. The van der Waals surface area contributed by atoms with Gasteiger partial charge in [-0.1, -0.05) is 12.8 Å². The molecular weight excluding hydrogens is 384 g/mol. The smallest absolute Gasteiger partial charge is 0.291 e. The van der Waals surface area contributed by atoms with Crippen molar-refractivity contribution < 1.29 is 14.0 Å². The molecule has 1 fully saturated rings. The third kappa shape index (κ3) is 3.23. The number of anilines is 2. The Morgan fingerprint density at radius 1 is 1.16 bits per heavy atom. The van der Waals surface area contributed by atoms with Crippen molar-refractivity contribution in [3.63, 3.8) is 0 Å². The molecule has 1 aromatic heterocycles. The minimum absolute atomic E-state index is 0.183. The Morgan fingerprint density at radius 3 is 2.68 bits per heavy atom. The van der Waals surface area contributed by atoms with Gasteiger partial charge in [-0.2, -0.15) is 0 Å². The first-order chi connectivity index (χ1) is 12.1. The summed E-state index contributed by atoms with van der Waals surface area (Å²) < 4.78 is 5.79. The number of fused-ring (bicyclic) bond motifs is 1. The average Bonchev–Trinajstić information content (AvgIpc) is 3.34. The number of halogens is 1. The largest absolute Gasteiger partial charge is 0.444 e. The number of nitrogens with one attached hydrogen (secondary N) is 1. The molecule has 2 aliphatic rings. The predicted octanol–water partition coefficient (Wildman–Crippen LogP) is 4.37. The van der Waals surface area contributed by atoms with Gasteiger partial charge in [-0.3, -0.25) is 9.59 Å². The third-order valence-electron chi connectivity index (χ3n) is 5.00. The van der Waals surface area contributed by atoms with E-state index in [1.54, 1.807) is 12.1 Å². The summed E-state index contributed by atoms with van der Waals surface area (Å²) in [6.07, 6.45) is 5.16. The zero-order valence-electron chi connectivity index (χ0n) is 13.8. The number of nitrogens with zero attached hydrogens (tertiary/aromatic N) is 1. The molecule has 4 rings (SSSR count). The van der Waals surface area contributed by atoms with Crippen molar-refractivity contribution in [3.05, 3.63) is 46.3 Å². The second-order valence-electron chi connectivity index (χ2n) is 6.62. The fourth-order valence-corrected chi connectivity index (χ4v) is 4.04. The highest BCUT2D eigenvalue weighted by Gasteiger charge is 2.31. The predicted molar refractivity (Wildman–Crippen MR) is 98.8 cm³/mol. The highest BCUT2D eigenvalue weighted by molar-refractivity contribution is 9.10. The second kappa shape index (κ2) is 6.67. The van der Waals surface area contributed by atoms with E-state index in [2.05, 4.69) is 21.2 Å². The maximum atomic E-state index is 12.7. The van der Waals surface area contributed by atoms with Crippen LogP contribution >= 0.6 is 15.9 Å². The van der Waals surface area contributed by atoms with E-state index in [4.69, 9.17) is 4.42 Å². The van der Waals surface area contributed by atoms with Crippen molar-refractivity contribution in [1.82, 2.24) is 0 Å². The van der Waals surface area contributed by atoms with E-state index in [0.717, 1.165) is 49.9 Å². The van der Waals surface area contributed by atoms with E-state index in [-0.39, 0.29) is 23.5 Å². The number of carbonyl (C=O) groups excluding carboxylic acids is 2. The van der Waals surface area contributed by atoms with Crippen molar-refractivity contribution in [2.75, 3.05) is 16.8 Å². The summed E-state index contributed by atoms with van der Waals surface area (Å²) in [7, 11) is 0. The molecule has 0 saturated heterocycles. The van der Waals surface area contributed by atoms with E-state index in [1.165, 1.54) is 0 Å². The molecule has 2 amide bonds. The van der Waals surface area contributed by atoms with E-state index < -0.39 is 0 Å². The van der Waals surface area contributed by atoms with Crippen LogP contribution in [0.1, 0.15) is 41.8 Å². The lowest BCUT2D eigenvalue weighted by Gasteiger charge is -2.21. The van der Waals surface area contributed by atoms with Gasteiger partial charge in [0.25, 0.3) is 5.91 Å². The molecule has 0 spiro atoms. The van der Waals surface area contributed by atoms with Gasteiger partial charge in [0.1, 0.15) is 0 Å². The Morgan fingerprint density at radius 2 is 1.96 bits per heavy atom. The number of carbonyl (C=O) groups is 2. The lowest BCUT2D eigenvalue weighted by atomic mass is 10.1. The van der Waals surface area contributed by atoms with Gasteiger partial charge in [0.2, 0.25) is 5.91 Å². The minimum Gasteiger partial charge on any atom is -0.444 e. The van der Waals surface area contributed by atoms with Gasteiger partial charge in [0.05, 0.1) is 0 Å². The van der Waals surface area contributed by atoms with Crippen LogP contribution in [0.3, 0.4) is 0 Å². The summed E-state index contributed by atoms with van der Waals surface area (Å²) in [5, 5.41) is 2.84. The van der Waals surface area contributed by atoms with Crippen LogP contribution < -0.4 is 10.2 Å². The quantitative estimate of drug-likeness (QED) is 0.828. The van der Waals surface area contributed by atoms with Gasteiger partial charge in [-0.25, -0.2) is 0 Å². The molecule has 1 aliphatic heterocycles. The standard InChI is InChI=1S/C19H19BrN2O3/c20-17-8-7-16(25-17)18(23)21-14-5-6-15-13(11-14)9-10-22(15)19(24)12-3-1-2-4-12/h5-8,11-12H,1-4,9-10H2,(H,21,23). The summed E-state index contributed by atoms with van der Waals surface area (Å²) in [5.74, 6) is 0.407. The van der Waals surface area contributed by atoms with Crippen LogP contribution in [-0.2, 0) is 11.2 Å². The number of hydrogen-bond acceptors (Lipinski definition) is 3. The van der Waals surface area contributed by atoms with Crippen molar-refractivity contribution >= 4 is 39.1 Å². The van der Waals surface area contributed by atoms with Crippen LogP contribution in [0, 0.1) is 5.92 Å².